The summed E-state index contributed by atoms with van der Waals surface area (Å²) in [6.07, 6.45) is -0.249. The summed E-state index contributed by atoms with van der Waals surface area (Å²) in [6.45, 7) is 2.74. The van der Waals surface area contributed by atoms with E-state index < -0.39 is 5.97 Å². The molecule has 1 aliphatic rings. The topological polar surface area (TPSA) is 113 Å². The Morgan fingerprint density at radius 2 is 1.91 bits per heavy atom. The van der Waals surface area contributed by atoms with E-state index in [4.69, 9.17) is 4.74 Å². The van der Waals surface area contributed by atoms with Crippen molar-refractivity contribution in [3.05, 3.63) is 83.4 Å². The molecule has 1 atom stereocenters. The van der Waals surface area contributed by atoms with Gasteiger partial charge in [-0.15, -0.1) is 5.11 Å². The van der Waals surface area contributed by atoms with Crippen LogP contribution in [0.2, 0.25) is 0 Å². The van der Waals surface area contributed by atoms with Crippen molar-refractivity contribution in [2.45, 2.75) is 19.6 Å². The molecular formula is C24H22N6O3. The van der Waals surface area contributed by atoms with E-state index >= 15 is 0 Å². The number of ether oxygens (including phenoxy) is 1. The molecule has 3 aromatic carbocycles. The molecule has 166 valence electrons. The largest absolute Gasteiger partial charge is 0.478 e. The molecule has 0 radical (unpaired) electrons. The van der Waals surface area contributed by atoms with Gasteiger partial charge in [0.05, 0.1) is 29.7 Å². The van der Waals surface area contributed by atoms with Crippen molar-refractivity contribution in [3.63, 3.8) is 0 Å². The first-order chi connectivity index (χ1) is 16.2. The van der Waals surface area contributed by atoms with E-state index in [0.29, 0.717) is 30.2 Å². The van der Waals surface area contributed by atoms with Gasteiger partial charge in [-0.1, -0.05) is 59.8 Å². The minimum absolute atomic E-state index is 0.198. The van der Waals surface area contributed by atoms with Crippen molar-refractivity contribution in [3.8, 4) is 17.1 Å². The lowest BCUT2D eigenvalue weighted by molar-refractivity contribution is 0.0698. The van der Waals surface area contributed by atoms with Gasteiger partial charge in [-0.05, 0) is 35.7 Å². The Bertz CT molecular complexity index is 1350. The highest BCUT2D eigenvalue weighted by atomic mass is 16.5. The number of hydrazine groups is 1. The minimum Gasteiger partial charge on any atom is -0.478 e. The number of hydrogen-bond acceptors (Lipinski definition) is 7. The van der Waals surface area contributed by atoms with Gasteiger partial charge in [-0.25, -0.2) is 10.3 Å². The number of aromatic carboxylic acids is 1. The van der Waals surface area contributed by atoms with E-state index in [1.54, 1.807) is 18.2 Å². The highest BCUT2D eigenvalue weighted by Crippen LogP contribution is 2.31. The van der Waals surface area contributed by atoms with Crippen LogP contribution in [0.5, 0.6) is 6.01 Å². The fourth-order valence-electron chi connectivity index (χ4n) is 4.04. The van der Waals surface area contributed by atoms with Gasteiger partial charge in [0, 0.05) is 5.56 Å². The van der Waals surface area contributed by atoms with Crippen LogP contribution >= 0.6 is 0 Å². The maximum absolute atomic E-state index is 11.8. The summed E-state index contributed by atoms with van der Waals surface area (Å²) in [4.78, 5) is 16.3. The molecule has 1 aliphatic heterocycles. The molecule has 0 aliphatic carbocycles. The molecule has 33 heavy (non-hydrogen) atoms. The Hall–Kier alpha value is -4.24. The molecule has 4 aromatic rings. The Morgan fingerprint density at radius 3 is 2.64 bits per heavy atom. The smallest absolute Gasteiger partial charge is 0.337 e. The Kier molecular flexibility index (Phi) is 5.45. The normalized spacial score (nSPS) is 15.0. The number of fused-ring (bicyclic) bond motifs is 1. The third-order valence-corrected chi connectivity index (χ3v) is 5.52. The fourth-order valence-corrected chi connectivity index (χ4v) is 4.04. The van der Waals surface area contributed by atoms with Crippen LogP contribution in [0.15, 0.2) is 77.1 Å². The number of nitrogens with zero attached hydrogens (tertiary/aromatic N) is 4. The van der Waals surface area contributed by atoms with Crippen molar-refractivity contribution in [2.24, 2.45) is 10.3 Å². The van der Waals surface area contributed by atoms with E-state index in [2.05, 4.69) is 32.3 Å². The van der Waals surface area contributed by atoms with Crippen molar-refractivity contribution in [1.29, 1.82) is 0 Å². The molecular weight excluding hydrogens is 420 g/mol. The van der Waals surface area contributed by atoms with Gasteiger partial charge >= 0.3 is 5.97 Å². The summed E-state index contributed by atoms with van der Waals surface area (Å²) in [5.41, 5.74) is 11.1. The molecule has 0 fully saturated rings. The summed E-state index contributed by atoms with van der Waals surface area (Å²) in [5, 5.41) is 17.7. The van der Waals surface area contributed by atoms with Crippen LogP contribution in [0.4, 0.5) is 0 Å². The van der Waals surface area contributed by atoms with Crippen molar-refractivity contribution in [1.82, 2.24) is 20.5 Å². The SMILES string of the molecule is CCOc1nc2cccc(C(=O)O)c2n1Cc1ccc(-c2ccccc2C2N=NNN2)cc1. The number of para-hydroxylation sites is 1. The highest BCUT2D eigenvalue weighted by molar-refractivity contribution is 6.01. The Labute approximate surface area is 189 Å². The molecule has 0 amide bonds. The van der Waals surface area contributed by atoms with Gasteiger partial charge in [0.2, 0.25) is 0 Å². The van der Waals surface area contributed by atoms with Crippen molar-refractivity contribution < 1.29 is 14.6 Å². The van der Waals surface area contributed by atoms with Crippen LogP contribution in [0, 0.1) is 0 Å². The molecule has 2 heterocycles. The Balaban J connectivity index is 1.50. The maximum Gasteiger partial charge on any atom is 0.337 e. The summed E-state index contributed by atoms with van der Waals surface area (Å²) >= 11 is 0. The second kappa shape index (κ2) is 8.71. The summed E-state index contributed by atoms with van der Waals surface area (Å²) < 4.78 is 7.54. The van der Waals surface area contributed by atoms with Gasteiger partial charge in [0.15, 0.2) is 6.17 Å². The fraction of sp³-hybridized carbons (Fsp3) is 0.167. The number of carboxylic acid groups (broad SMARTS) is 1. The van der Waals surface area contributed by atoms with E-state index in [0.717, 1.165) is 22.3 Å². The quantitative estimate of drug-likeness (QED) is 0.393. The predicted molar refractivity (Wildman–Crippen MR) is 123 cm³/mol. The minimum atomic E-state index is -0.996. The van der Waals surface area contributed by atoms with E-state index in [9.17, 15) is 9.90 Å². The molecule has 9 heteroatoms. The number of nitrogens with one attached hydrogen (secondary N) is 2. The predicted octanol–water partition coefficient (Wildman–Crippen LogP) is 4.32. The number of rotatable bonds is 7. The summed E-state index contributed by atoms with van der Waals surface area (Å²) in [7, 11) is 0. The van der Waals surface area contributed by atoms with Gasteiger partial charge in [-0.2, -0.15) is 10.4 Å². The van der Waals surface area contributed by atoms with Gasteiger partial charge in [0.25, 0.3) is 6.01 Å². The van der Waals surface area contributed by atoms with Crippen LogP contribution in [-0.2, 0) is 6.54 Å². The molecule has 9 nitrogen and oxygen atoms in total. The molecule has 3 N–H and O–H groups in total. The molecule has 0 bridgehead atoms. The van der Waals surface area contributed by atoms with Crippen LogP contribution < -0.4 is 15.7 Å². The maximum atomic E-state index is 11.8. The second-order valence-electron chi connectivity index (χ2n) is 7.55. The number of carbonyl (C=O) groups is 1. The Morgan fingerprint density at radius 1 is 1.09 bits per heavy atom. The first-order valence-corrected chi connectivity index (χ1v) is 10.6. The zero-order chi connectivity index (χ0) is 22.8. The molecule has 1 unspecified atom stereocenters. The van der Waals surface area contributed by atoms with Gasteiger partial charge in [-0.3, -0.25) is 4.57 Å². The lowest BCUT2D eigenvalue weighted by atomic mass is 9.97. The third kappa shape index (κ3) is 3.90. The lowest BCUT2D eigenvalue weighted by Crippen LogP contribution is -2.24. The van der Waals surface area contributed by atoms with E-state index in [1.807, 2.05) is 54.0 Å². The molecule has 1 aromatic heterocycles. The monoisotopic (exact) mass is 442 g/mol. The number of hydrogen-bond donors (Lipinski definition) is 3. The lowest BCUT2D eigenvalue weighted by Gasteiger charge is -2.14. The number of carboxylic acids is 1. The van der Waals surface area contributed by atoms with Crippen LogP contribution in [-0.4, -0.2) is 27.2 Å². The highest BCUT2D eigenvalue weighted by Gasteiger charge is 2.20. The van der Waals surface area contributed by atoms with Gasteiger partial charge in [0.1, 0.15) is 0 Å². The van der Waals surface area contributed by atoms with Gasteiger partial charge < -0.3 is 9.84 Å². The third-order valence-electron chi connectivity index (χ3n) is 5.52. The number of imidazole rings is 1. The zero-order valence-corrected chi connectivity index (χ0v) is 17.9. The van der Waals surface area contributed by atoms with E-state index in [1.165, 1.54) is 0 Å². The molecule has 5 rings (SSSR count). The first-order valence-electron chi connectivity index (χ1n) is 10.6. The number of benzene rings is 3. The second-order valence-corrected chi connectivity index (χ2v) is 7.55. The van der Waals surface area contributed by atoms with Crippen LogP contribution in [0.1, 0.15) is 34.6 Å². The average Bonchev–Trinajstić information content (AvgIpc) is 3.49. The zero-order valence-electron chi connectivity index (χ0n) is 17.9. The van der Waals surface area contributed by atoms with Crippen molar-refractivity contribution >= 4 is 17.0 Å². The first kappa shape index (κ1) is 20.7. The van der Waals surface area contributed by atoms with Crippen molar-refractivity contribution in [2.75, 3.05) is 6.61 Å². The van der Waals surface area contributed by atoms with Crippen LogP contribution in [0.25, 0.3) is 22.2 Å². The summed E-state index contributed by atoms with van der Waals surface area (Å²) in [6, 6.07) is 21.7. The summed E-state index contributed by atoms with van der Waals surface area (Å²) in [5.74, 6) is -0.996. The van der Waals surface area contributed by atoms with Crippen LogP contribution in [0.3, 0.4) is 0 Å². The standard InChI is InChI=1S/C24H22N6O3/c1-2-33-24-25-20-9-5-8-19(23(31)32)21(20)30(24)14-15-10-12-16(13-11-15)17-6-3-4-7-18(17)22-26-28-29-27-22/h3-13,22H,2,14H2,1H3,(H,26,29)(H,27,28)(H,31,32). The number of aromatic nitrogens is 2. The molecule has 0 saturated carbocycles. The molecule has 0 saturated heterocycles. The van der Waals surface area contributed by atoms with E-state index in [-0.39, 0.29) is 11.7 Å². The molecule has 0 spiro atoms. The average molecular weight is 442 g/mol.